The van der Waals surface area contributed by atoms with Gasteiger partial charge in [-0.2, -0.15) is 9.49 Å². The molecular weight excluding hydrogens is 482 g/mol. The summed E-state index contributed by atoms with van der Waals surface area (Å²) in [5.74, 6) is -1.04. The van der Waals surface area contributed by atoms with Crippen LogP contribution in [0.2, 0.25) is 0 Å². The van der Waals surface area contributed by atoms with Gasteiger partial charge in [-0.05, 0) is 62.1 Å². The van der Waals surface area contributed by atoms with E-state index in [4.69, 9.17) is 0 Å². The number of halogens is 2. The lowest BCUT2D eigenvalue weighted by Crippen LogP contribution is -2.26. The van der Waals surface area contributed by atoms with Crippen LogP contribution in [-0.4, -0.2) is 30.2 Å². The zero-order valence-electron chi connectivity index (χ0n) is 19.2. The van der Waals surface area contributed by atoms with E-state index >= 15 is 0 Å². The molecule has 4 heterocycles. The first-order chi connectivity index (χ1) is 17.6. The Hall–Kier alpha value is -3.66. The van der Waals surface area contributed by atoms with Crippen molar-refractivity contribution in [2.75, 3.05) is 0 Å². The molecule has 1 fully saturated rings. The first kappa shape index (κ1) is 21.6. The number of imidazole rings is 1. The van der Waals surface area contributed by atoms with E-state index in [-0.39, 0.29) is 18.3 Å². The molecule has 182 valence electrons. The fourth-order valence-corrected chi connectivity index (χ4v) is 6.21. The Balaban J connectivity index is 1.16. The minimum Gasteiger partial charge on any atom is -0.346 e. The van der Waals surface area contributed by atoms with Crippen molar-refractivity contribution in [2.24, 2.45) is 0 Å². The number of benzene rings is 2. The molecule has 1 saturated carbocycles. The third-order valence-corrected chi connectivity index (χ3v) is 8.12. The molecule has 0 spiro atoms. The normalized spacial score (nSPS) is 15.2. The number of H-pyrrole nitrogens is 1. The average Bonchev–Trinajstić information content (AvgIpc) is 3.20. The lowest BCUT2D eigenvalue weighted by Gasteiger charge is -2.11. The maximum atomic E-state index is 14.9. The highest BCUT2D eigenvalue weighted by atomic mass is 32.2. The number of hydrogen-bond donors (Lipinski definition) is 2. The molecule has 0 saturated heterocycles. The van der Waals surface area contributed by atoms with E-state index in [9.17, 15) is 13.6 Å². The number of aromatic nitrogens is 5. The van der Waals surface area contributed by atoms with Gasteiger partial charge in [0, 0.05) is 40.2 Å². The number of rotatable bonds is 6. The summed E-state index contributed by atoms with van der Waals surface area (Å²) >= 11 is 1.51. The van der Waals surface area contributed by atoms with Gasteiger partial charge in [-0.3, -0.25) is 9.89 Å². The van der Waals surface area contributed by atoms with Gasteiger partial charge in [0.1, 0.15) is 11.5 Å². The van der Waals surface area contributed by atoms with Crippen LogP contribution in [0.3, 0.4) is 0 Å². The minimum atomic E-state index is -0.458. The summed E-state index contributed by atoms with van der Waals surface area (Å²) in [5, 5.41) is 9.69. The van der Waals surface area contributed by atoms with Gasteiger partial charge < -0.3 is 14.5 Å². The molecule has 1 amide bonds. The minimum absolute atomic E-state index is 0.0832. The van der Waals surface area contributed by atoms with Gasteiger partial charge >= 0.3 is 0 Å². The first-order valence-electron chi connectivity index (χ1n) is 12.0. The number of fused-ring (bicyclic) bond motifs is 3. The summed E-state index contributed by atoms with van der Waals surface area (Å²) < 4.78 is 32.9. The van der Waals surface area contributed by atoms with Crippen LogP contribution in [0, 0.1) is 11.8 Å². The quantitative estimate of drug-likeness (QED) is 0.327. The largest absolute Gasteiger partial charge is 0.346 e. The molecule has 10 heteroatoms. The van der Waals surface area contributed by atoms with Crippen molar-refractivity contribution in [2.45, 2.75) is 54.6 Å². The summed E-state index contributed by atoms with van der Waals surface area (Å²) in [6.45, 7) is 0.840. The fraction of sp³-hybridized carbons (Fsp3) is 0.269. The summed E-state index contributed by atoms with van der Waals surface area (Å²) in [5.41, 5.74) is 4.19. The second-order valence-corrected chi connectivity index (χ2v) is 10.5. The molecule has 2 aliphatic rings. The molecule has 5 aromatic rings. The van der Waals surface area contributed by atoms with Gasteiger partial charge in [0.15, 0.2) is 0 Å². The molecule has 2 N–H and O–H groups in total. The molecule has 0 radical (unpaired) electrons. The number of amides is 1. The van der Waals surface area contributed by atoms with Gasteiger partial charge in [-0.25, -0.2) is 9.37 Å². The Labute approximate surface area is 208 Å². The standard InChI is InChI=1S/C26H22F2N6OS/c27-18-6-8-20-24(34(13-30-20)14-3-4-14)17(18)12-29-26(35)22-11-23(21-2-1-9-33(21)22)36-15-5-7-19-16(10-15)25(28)32-31-19/h5-8,10-11,13-14H,1-4,9,12H2,(H,29,35)(H,31,32). The number of nitrogens with one attached hydrogen (secondary N) is 2. The SMILES string of the molecule is O=C(NCc1c(F)ccc2ncn(C3CC3)c12)c1cc(Sc2ccc3n[nH]c(F)c3c2)c2n1CCC2. The molecule has 7 nitrogen and oxygen atoms in total. The zero-order chi connectivity index (χ0) is 24.4. The molecule has 0 bridgehead atoms. The third-order valence-electron chi connectivity index (χ3n) is 7.05. The van der Waals surface area contributed by atoms with E-state index in [2.05, 4.69) is 20.5 Å². The monoisotopic (exact) mass is 504 g/mol. The molecule has 0 atom stereocenters. The van der Waals surface area contributed by atoms with Crippen LogP contribution in [0.4, 0.5) is 8.78 Å². The van der Waals surface area contributed by atoms with E-state index < -0.39 is 5.95 Å². The van der Waals surface area contributed by atoms with E-state index in [1.54, 1.807) is 24.5 Å². The van der Waals surface area contributed by atoms with Crippen LogP contribution in [0.5, 0.6) is 0 Å². The number of aromatic amines is 1. The Morgan fingerprint density at radius 1 is 1.17 bits per heavy atom. The molecule has 36 heavy (non-hydrogen) atoms. The fourth-order valence-electron chi connectivity index (χ4n) is 5.14. The smallest absolute Gasteiger partial charge is 0.268 e. The van der Waals surface area contributed by atoms with Crippen LogP contribution in [0.15, 0.2) is 52.5 Å². The molecular formula is C26H22F2N6OS. The van der Waals surface area contributed by atoms with Crippen molar-refractivity contribution in [1.82, 2.24) is 29.6 Å². The van der Waals surface area contributed by atoms with E-state index in [0.29, 0.717) is 28.2 Å². The Morgan fingerprint density at radius 2 is 2.03 bits per heavy atom. The van der Waals surface area contributed by atoms with Gasteiger partial charge in [0.2, 0.25) is 5.95 Å². The summed E-state index contributed by atoms with van der Waals surface area (Å²) in [4.78, 5) is 19.6. The molecule has 1 aliphatic heterocycles. The first-order valence-corrected chi connectivity index (χ1v) is 12.8. The van der Waals surface area contributed by atoms with Crippen LogP contribution in [0.1, 0.15) is 47.1 Å². The van der Waals surface area contributed by atoms with Crippen molar-refractivity contribution in [3.63, 3.8) is 0 Å². The van der Waals surface area contributed by atoms with Crippen LogP contribution in [-0.2, 0) is 19.5 Å². The predicted octanol–water partition coefficient (Wildman–Crippen LogP) is 5.35. The van der Waals surface area contributed by atoms with E-state index in [1.165, 1.54) is 17.8 Å². The van der Waals surface area contributed by atoms with Gasteiger partial charge in [-0.15, -0.1) is 0 Å². The topological polar surface area (TPSA) is 80.5 Å². The van der Waals surface area contributed by atoms with Crippen molar-refractivity contribution in [3.8, 4) is 0 Å². The zero-order valence-corrected chi connectivity index (χ0v) is 20.0. The van der Waals surface area contributed by atoms with Gasteiger partial charge in [-0.1, -0.05) is 11.8 Å². The maximum Gasteiger partial charge on any atom is 0.268 e. The maximum absolute atomic E-state index is 14.9. The second-order valence-electron chi connectivity index (χ2n) is 9.37. The Kier molecular flexibility index (Phi) is 4.92. The van der Waals surface area contributed by atoms with Crippen LogP contribution < -0.4 is 5.32 Å². The summed E-state index contributed by atoms with van der Waals surface area (Å²) in [6, 6.07) is 10.8. The van der Waals surface area contributed by atoms with Crippen LogP contribution >= 0.6 is 11.8 Å². The predicted molar refractivity (Wildman–Crippen MR) is 132 cm³/mol. The van der Waals surface area contributed by atoms with Crippen molar-refractivity contribution in [3.05, 3.63) is 71.4 Å². The lowest BCUT2D eigenvalue weighted by molar-refractivity contribution is 0.0941. The molecule has 2 aromatic carbocycles. The number of hydrogen-bond acceptors (Lipinski definition) is 4. The highest BCUT2D eigenvalue weighted by Gasteiger charge is 2.28. The molecule has 7 rings (SSSR count). The van der Waals surface area contributed by atoms with E-state index in [0.717, 1.165) is 58.7 Å². The number of carbonyl (C=O) groups is 1. The highest BCUT2D eigenvalue weighted by molar-refractivity contribution is 7.99. The Morgan fingerprint density at radius 3 is 2.89 bits per heavy atom. The Bertz CT molecular complexity index is 1660. The van der Waals surface area contributed by atoms with E-state index in [1.807, 2.05) is 21.3 Å². The van der Waals surface area contributed by atoms with Crippen LogP contribution in [0.25, 0.3) is 21.9 Å². The highest BCUT2D eigenvalue weighted by Crippen LogP contribution is 2.39. The summed E-state index contributed by atoms with van der Waals surface area (Å²) in [7, 11) is 0. The van der Waals surface area contributed by atoms with Crippen molar-refractivity contribution >= 4 is 39.6 Å². The number of nitrogens with zero attached hydrogens (tertiary/aromatic N) is 4. The van der Waals surface area contributed by atoms with Gasteiger partial charge in [0.05, 0.1) is 28.3 Å². The van der Waals surface area contributed by atoms with Crippen molar-refractivity contribution < 1.29 is 13.6 Å². The molecule has 0 unspecified atom stereocenters. The summed E-state index contributed by atoms with van der Waals surface area (Å²) in [6.07, 6.45) is 5.71. The lowest BCUT2D eigenvalue weighted by atomic mass is 10.1. The number of carbonyl (C=O) groups excluding carboxylic acids is 1. The molecule has 1 aliphatic carbocycles. The average molecular weight is 505 g/mol. The third kappa shape index (κ3) is 3.50. The second kappa shape index (κ2) is 8.19. The molecule has 3 aromatic heterocycles. The van der Waals surface area contributed by atoms with Gasteiger partial charge in [0.25, 0.3) is 5.91 Å². The van der Waals surface area contributed by atoms with Crippen molar-refractivity contribution in [1.29, 1.82) is 0 Å².